The number of benzene rings is 1. The van der Waals surface area contributed by atoms with Gasteiger partial charge in [-0.1, -0.05) is 6.07 Å². The van der Waals surface area contributed by atoms with Crippen LogP contribution in [0.1, 0.15) is 42.5 Å². The normalized spacial score (nSPS) is 24.9. The first-order valence-electron chi connectivity index (χ1n) is 6.37. The lowest BCUT2D eigenvalue weighted by molar-refractivity contribution is 0.598. The zero-order valence-electron chi connectivity index (χ0n) is 10.2. The summed E-state index contributed by atoms with van der Waals surface area (Å²) in [6.45, 7) is 0. The summed E-state index contributed by atoms with van der Waals surface area (Å²) in [7, 11) is -3.76. The molecule has 1 fully saturated rings. The second-order valence-electron chi connectivity index (χ2n) is 5.37. The zero-order valence-corrected chi connectivity index (χ0v) is 11.0. The number of rotatable bonds is 1. The number of primary sulfonamides is 1. The molecule has 1 aromatic carbocycles. The fraction of sp³-hybridized carbons (Fsp3) is 0.385. The smallest absolute Gasteiger partial charge is 0.240 e. The lowest BCUT2D eigenvalue weighted by atomic mass is 10.0. The number of hydrogen-bond donors (Lipinski definition) is 1. The average Bonchev–Trinajstić information content (AvgIpc) is 2.96. The highest BCUT2D eigenvalue weighted by molar-refractivity contribution is 7.89. The summed E-state index contributed by atoms with van der Waals surface area (Å²) in [5, 5.41) is 5.25. The number of nitrogens with two attached hydrogens (primary N) is 1. The summed E-state index contributed by atoms with van der Waals surface area (Å²) in [5.74, 6) is 0.959. The molecule has 2 aromatic rings. The van der Waals surface area contributed by atoms with Crippen LogP contribution in [0.5, 0.6) is 0 Å². The monoisotopic (exact) mass is 275 g/mol. The van der Waals surface area contributed by atoms with Gasteiger partial charge in [0.2, 0.25) is 10.0 Å². The van der Waals surface area contributed by atoms with Crippen LogP contribution < -0.4 is 5.14 Å². The van der Waals surface area contributed by atoms with Crippen molar-refractivity contribution in [3.63, 3.8) is 0 Å². The van der Waals surface area contributed by atoms with Crippen LogP contribution in [0.4, 0.5) is 0 Å². The van der Waals surface area contributed by atoms with Crippen LogP contribution in [0, 0.1) is 0 Å². The quantitative estimate of drug-likeness (QED) is 0.857. The van der Waals surface area contributed by atoms with Gasteiger partial charge in [-0.2, -0.15) is 0 Å². The molecule has 1 saturated carbocycles. The first kappa shape index (κ1) is 11.3. The van der Waals surface area contributed by atoms with Crippen LogP contribution in [0.3, 0.4) is 0 Å². The van der Waals surface area contributed by atoms with Crippen molar-refractivity contribution in [1.29, 1.82) is 0 Å². The van der Waals surface area contributed by atoms with Gasteiger partial charge in [0.05, 0.1) is 16.9 Å². The minimum atomic E-state index is -3.76. The van der Waals surface area contributed by atoms with E-state index < -0.39 is 10.0 Å². The van der Waals surface area contributed by atoms with Crippen LogP contribution in [0.2, 0.25) is 0 Å². The van der Waals surface area contributed by atoms with Crippen LogP contribution in [0.25, 0.3) is 11.0 Å². The average molecular weight is 275 g/mol. The van der Waals surface area contributed by atoms with E-state index in [0.29, 0.717) is 22.9 Å². The van der Waals surface area contributed by atoms with Gasteiger partial charge in [0, 0.05) is 11.8 Å². The minimum Gasteiger partial charge on any atom is -0.249 e. The van der Waals surface area contributed by atoms with E-state index in [1.165, 1.54) is 12.5 Å². The molecule has 1 aromatic heterocycles. The molecule has 4 rings (SSSR count). The summed E-state index contributed by atoms with van der Waals surface area (Å²) >= 11 is 0. The summed E-state index contributed by atoms with van der Waals surface area (Å²) < 4.78 is 23.2. The largest absolute Gasteiger partial charge is 0.249 e. The highest BCUT2D eigenvalue weighted by Crippen LogP contribution is 2.51. The van der Waals surface area contributed by atoms with Crippen molar-refractivity contribution < 1.29 is 8.42 Å². The molecule has 0 aliphatic heterocycles. The second-order valence-corrected chi connectivity index (χ2v) is 6.90. The molecule has 2 aliphatic carbocycles. The van der Waals surface area contributed by atoms with Gasteiger partial charge in [0.25, 0.3) is 0 Å². The van der Waals surface area contributed by atoms with Crippen molar-refractivity contribution in [2.24, 2.45) is 5.14 Å². The maximum atomic E-state index is 11.6. The molecule has 2 bridgehead atoms. The fourth-order valence-corrected chi connectivity index (χ4v) is 4.07. The molecule has 5 nitrogen and oxygen atoms in total. The molecular formula is C13H13N3O2S. The van der Waals surface area contributed by atoms with Gasteiger partial charge in [-0.15, -0.1) is 0 Å². The number of para-hydroxylation sites is 1. The number of aromatic nitrogens is 2. The standard InChI is InChI=1S/C13H13N3O2S/c14-19(17,18)10-3-1-2-9-13(10)16-12-8-5-4-7(6-8)11(12)15-9/h1-3,7-8H,4-6H2,(H2,14,17,18)/t7-,8+/m0/s1. The lowest BCUT2D eigenvalue weighted by Gasteiger charge is -2.14. The van der Waals surface area contributed by atoms with Crippen molar-refractivity contribution in [1.82, 2.24) is 9.97 Å². The van der Waals surface area contributed by atoms with Crippen LogP contribution >= 0.6 is 0 Å². The highest BCUT2D eigenvalue weighted by atomic mass is 32.2. The van der Waals surface area contributed by atoms with Gasteiger partial charge in [0.15, 0.2) is 0 Å². The lowest BCUT2D eigenvalue weighted by Crippen LogP contribution is -2.14. The van der Waals surface area contributed by atoms with Gasteiger partial charge >= 0.3 is 0 Å². The third kappa shape index (κ3) is 1.53. The first-order chi connectivity index (χ1) is 9.04. The first-order valence-corrected chi connectivity index (χ1v) is 7.92. The van der Waals surface area contributed by atoms with Gasteiger partial charge in [-0.05, 0) is 31.4 Å². The predicted octanol–water partition coefficient (Wildman–Crippen LogP) is 1.64. The van der Waals surface area contributed by atoms with Crippen molar-refractivity contribution in [3.05, 3.63) is 29.6 Å². The highest BCUT2D eigenvalue weighted by Gasteiger charge is 2.39. The van der Waals surface area contributed by atoms with Gasteiger partial charge < -0.3 is 0 Å². The van der Waals surface area contributed by atoms with Crippen LogP contribution in [-0.2, 0) is 10.0 Å². The second kappa shape index (κ2) is 3.52. The van der Waals surface area contributed by atoms with E-state index in [2.05, 4.69) is 9.97 Å². The molecule has 2 N–H and O–H groups in total. The third-order valence-electron chi connectivity index (χ3n) is 4.23. The zero-order chi connectivity index (χ0) is 13.2. The topological polar surface area (TPSA) is 85.9 Å². The van der Waals surface area contributed by atoms with Crippen molar-refractivity contribution >= 4 is 21.1 Å². The van der Waals surface area contributed by atoms with E-state index >= 15 is 0 Å². The Bertz CT molecular complexity index is 801. The van der Waals surface area contributed by atoms with Crippen molar-refractivity contribution in [2.75, 3.05) is 0 Å². The molecule has 6 heteroatoms. The summed E-state index contributed by atoms with van der Waals surface area (Å²) in [6, 6.07) is 4.95. The Hall–Kier alpha value is -1.53. The Labute approximate surface area is 110 Å². The van der Waals surface area contributed by atoms with Crippen molar-refractivity contribution in [3.8, 4) is 0 Å². The van der Waals surface area contributed by atoms with E-state index in [9.17, 15) is 8.42 Å². The molecule has 98 valence electrons. The third-order valence-corrected chi connectivity index (χ3v) is 5.17. The van der Waals surface area contributed by atoms with Crippen LogP contribution in [0.15, 0.2) is 23.1 Å². The maximum absolute atomic E-state index is 11.6. The fourth-order valence-electron chi connectivity index (χ4n) is 3.39. The molecule has 19 heavy (non-hydrogen) atoms. The Morgan fingerprint density at radius 1 is 1.11 bits per heavy atom. The van der Waals surface area contributed by atoms with Gasteiger partial charge in [0.1, 0.15) is 10.4 Å². The maximum Gasteiger partial charge on any atom is 0.240 e. The molecule has 0 amide bonds. The summed E-state index contributed by atoms with van der Waals surface area (Å²) in [4.78, 5) is 9.29. The van der Waals surface area contributed by atoms with E-state index in [1.807, 2.05) is 0 Å². The van der Waals surface area contributed by atoms with Gasteiger partial charge in [-0.3, -0.25) is 0 Å². The molecule has 0 saturated heterocycles. The molecule has 0 unspecified atom stereocenters. The van der Waals surface area contributed by atoms with Crippen molar-refractivity contribution in [2.45, 2.75) is 36.0 Å². The number of hydrogen-bond acceptors (Lipinski definition) is 4. The summed E-state index contributed by atoms with van der Waals surface area (Å²) in [5.41, 5.74) is 3.09. The summed E-state index contributed by atoms with van der Waals surface area (Å²) in [6.07, 6.45) is 3.42. The van der Waals surface area contributed by atoms with E-state index in [0.717, 1.165) is 24.2 Å². The van der Waals surface area contributed by atoms with Crippen LogP contribution in [-0.4, -0.2) is 18.4 Å². The molecule has 1 heterocycles. The Kier molecular flexibility index (Phi) is 2.09. The molecule has 0 radical (unpaired) electrons. The Morgan fingerprint density at radius 2 is 1.79 bits per heavy atom. The molecule has 0 spiro atoms. The molecule has 2 aliphatic rings. The Morgan fingerprint density at radius 3 is 2.47 bits per heavy atom. The number of sulfonamides is 1. The Balaban J connectivity index is 2.07. The molecular weight excluding hydrogens is 262 g/mol. The predicted molar refractivity (Wildman–Crippen MR) is 70.2 cm³/mol. The number of nitrogens with zero attached hydrogens (tertiary/aromatic N) is 2. The SMILES string of the molecule is NS(=O)(=O)c1cccc2nc3c(nc12)[C@@H]1CC[C@H]3C1. The van der Waals surface area contributed by atoms with Gasteiger partial charge in [-0.25, -0.2) is 23.5 Å². The van der Waals surface area contributed by atoms with E-state index in [4.69, 9.17) is 5.14 Å². The van der Waals surface area contributed by atoms with E-state index in [-0.39, 0.29) is 4.90 Å². The van der Waals surface area contributed by atoms with E-state index in [1.54, 1.807) is 12.1 Å². The number of fused-ring (bicyclic) bond motifs is 6. The minimum absolute atomic E-state index is 0.0723. The molecule has 2 atom stereocenters.